The molecule has 0 atom stereocenters. The second-order valence-corrected chi connectivity index (χ2v) is 3.68. The SMILES string of the molecule is O=P(O)(O)OP(=O)(O)O.[W]. The molecule has 4 N–H and O–H groups in total. The van der Waals surface area contributed by atoms with Crippen LogP contribution in [0.5, 0.6) is 0 Å². The van der Waals surface area contributed by atoms with Crippen LogP contribution in [0.4, 0.5) is 0 Å². The van der Waals surface area contributed by atoms with Crippen molar-refractivity contribution < 1.29 is 54.1 Å². The predicted octanol–water partition coefficient (Wildman–Crippen LogP) is -0.814. The molecule has 0 aromatic rings. The van der Waals surface area contributed by atoms with Crippen LogP contribution in [-0.4, -0.2) is 19.6 Å². The third-order valence-electron chi connectivity index (χ3n) is 0.213. The molecule has 0 aliphatic rings. The average Bonchev–Trinajstić information content (AvgIpc) is 1.14. The Kier molecular flexibility index (Phi) is 5.54. The van der Waals surface area contributed by atoms with Crippen molar-refractivity contribution in [1.29, 1.82) is 0 Å². The van der Waals surface area contributed by atoms with Gasteiger partial charge < -0.3 is 19.6 Å². The summed E-state index contributed by atoms with van der Waals surface area (Å²) in [6, 6.07) is 0. The van der Waals surface area contributed by atoms with Gasteiger partial charge in [0, 0.05) is 21.1 Å². The number of hydrogen-bond donors (Lipinski definition) is 4. The Labute approximate surface area is 70.2 Å². The molecule has 0 bridgehead atoms. The fourth-order valence-electron chi connectivity index (χ4n) is 0.139. The summed E-state index contributed by atoms with van der Waals surface area (Å²) in [7, 11) is -10.1. The van der Waals surface area contributed by atoms with Gasteiger partial charge in [0.15, 0.2) is 0 Å². The van der Waals surface area contributed by atoms with E-state index in [0.717, 1.165) is 0 Å². The van der Waals surface area contributed by atoms with E-state index in [1.807, 2.05) is 0 Å². The van der Waals surface area contributed by atoms with Crippen molar-refractivity contribution >= 4 is 15.6 Å². The summed E-state index contributed by atoms with van der Waals surface area (Å²) in [6.45, 7) is 0. The van der Waals surface area contributed by atoms with Crippen LogP contribution in [0.15, 0.2) is 0 Å². The van der Waals surface area contributed by atoms with Crippen LogP contribution < -0.4 is 0 Å². The van der Waals surface area contributed by atoms with Gasteiger partial charge in [-0.1, -0.05) is 0 Å². The zero-order chi connectivity index (χ0) is 7.71. The molecule has 10 heteroatoms. The van der Waals surface area contributed by atoms with E-state index in [0.29, 0.717) is 0 Å². The summed E-state index contributed by atoms with van der Waals surface area (Å²) >= 11 is 0. The van der Waals surface area contributed by atoms with Crippen molar-refractivity contribution in [2.45, 2.75) is 0 Å². The first-order valence-corrected chi connectivity index (χ1v) is 4.59. The van der Waals surface area contributed by atoms with Crippen molar-refractivity contribution in [3.8, 4) is 0 Å². The summed E-state index contributed by atoms with van der Waals surface area (Å²) in [5.74, 6) is 0. The first-order chi connectivity index (χ1) is 3.71. The van der Waals surface area contributed by atoms with Gasteiger partial charge in [-0.2, -0.15) is 4.31 Å². The van der Waals surface area contributed by atoms with Gasteiger partial charge in [-0.25, -0.2) is 9.13 Å². The van der Waals surface area contributed by atoms with E-state index in [2.05, 4.69) is 4.31 Å². The Hall–Kier alpha value is 0.948. The molecule has 0 radical (unpaired) electrons. The fraction of sp³-hybridized carbons (Fsp3) is 0. The van der Waals surface area contributed by atoms with E-state index in [1.165, 1.54) is 0 Å². The van der Waals surface area contributed by atoms with Gasteiger partial charge in [0.25, 0.3) is 0 Å². The van der Waals surface area contributed by atoms with Crippen molar-refractivity contribution in [1.82, 2.24) is 0 Å². The molecule has 0 saturated carbocycles. The van der Waals surface area contributed by atoms with Crippen LogP contribution in [0.25, 0.3) is 0 Å². The molecule has 0 spiro atoms. The Morgan fingerprint density at radius 2 is 1.10 bits per heavy atom. The Bertz CT molecular complexity index is 152. The molecule has 0 aliphatic heterocycles. The van der Waals surface area contributed by atoms with E-state index in [4.69, 9.17) is 19.6 Å². The zero-order valence-electron chi connectivity index (χ0n) is 4.32. The summed E-state index contributed by atoms with van der Waals surface area (Å²) in [4.78, 5) is 31.0. The smallest absolute Gasteiger partial charge is 0.302 e. The van der Waals surface area contributed by atoms with Gasteiger partial charge in [0.1, 0.15) is 0 Å². The molecular weight excluding hydrogens is 358 g/mol. The predicted molar refractivity (Wildman–Crippen MR) is 25.2 cm³/mol. The van der Waals surface area contributed by atoms with Crippen LogP contribution in [0.2, 0.25) is 0 Å². The molecule has 0 fully saturated rings. The summed E-state index contributed by atoms with van der Waals surface area (Å²) in [5.41, 5.74) is 0. The van der Waals surface area contributed by atoms with E-state index < -0.39 is 15.6 Å². The minimum Gasteiger partial charge on any atom is -0.302 e. The fourth-order valence-corrected chi connectivity index (χ4v) is 1.25. The van der Waals surface area contributed by atoms with Crippen LogP contribution in [0, 0.1) is 0 Å². The molecule has 0 unspecified atom stereocenters. The molecule has 0 amide bonds. The first-order valence-electron chi connectivity index (χ1n) is 1.53. The first kappa shape index (κ1) is 13.5. The van der Waals surface area contributed by atoms with Gasteiger partial charge >= 0.3 is 15.6 Å². The standard InChI is InChI=1S/H4O7P2.W/c1-8(2,3)7-9(4,5)6;/h(H2,1,2,3)(H2,4,5,6);. The van der Waals surface area contributed by atoms with Crippen molar-refractivity contribution in [3.63, 3.8) is 0 Å². The Morgan fingerprint density at radius 1 is 0.900 bits per heavy atom. The van der Waals surface area contributed by atoms with Crippen LogP contribution in [0.1, 0.15) is 0 Å². The van der Waals surface area contributed by atoms with Crippen LogP contribution >= 0.6 is 15.6 Å². The second-order valence-electron chi connectivity index (χ2n) is 1.06. The quantitative estimate of drug-likeness (QED) is 0.474. The molecule has 0 aromatic heterocycles. The number of rotatable bonds is 2. The minimum atomic E-state index is -5.05. The normalized spacial score (nSPS) is 12.4. The largest absolute Gasteiger partial charge is 0.478 e. The van der Waals surface area contributed by atoms with Gasteiger partial charge in [-0.15, -0.1) is 0 Å². The third kappa shape index (κ3) is 11.7. The van der Waals surface area contributed by atoms with E-state index in [9.17, 15) is 9.13 Å². The topological polar surface area (TPSA) is 124 Å². The second kappa shape index (κ2) is 4.09. The molecule has 10 heavy (non-hydrogen) atoms. The summed E-state index contributed by atoms with van der Waals surface area (Å²) < 4.78 is 22.2. The monoisotopic (exact) mass is 362 g/mol. The van der Waals surface area contributed by atoms with Gasteiger partial charge in [0.2, 0.25) is 0 Å². The summed E-state index contributed by atoms with van der Waals surface area (Å²) in [5, 5.41) is 0. The van der Waals surface area contributed by atoms with Gasteiger partial charge in [0.05, 0.1) is 0 Å². The molecule has 0 saturated heterocycles. The minimum absolute atomic E-state index is 0. The van der Waals surface area contributed by atoms with Crippen molar-refractivity contribution in [3.05, 3.63) is 0 Å². The maximum absolute atomic E-state index is 9.63. The summed E-state index contributed by atoms with van der Waals surface area (Å²) in [6.07, 6.45) is 0. The van der Waals surface area contributed by atoms with Crippen LogP contribution in [0.3, 0.4) is 0 Å². The van der Waals surface area contributed by atoms with Crippen molar-refractivity contribution in [2.24, 2.45) is 0 Å². The maximum atomic E-state index is 9.63. The van der Waals surface area contributed by atoms with E-state index in [-0.39, 0.29) is 21.1 Å². The van der Waals surface area contributed by atoms with Crippen molar-refractivity contribution in [2.75, 3.05) is 0 Å². The Morgan fingerprint density at radius 3 is 1.10 bits per heavy atom. The molecule has 62 valence electrons. The molecule has 0 aliphatic carbocycles. The molecular formula is H4O7P2W. The number of phosphoric acid groups is 2. The van der Waals surface area contributed by atoms with Gasteiger partial charge in [-0.3, -0.25) is 0 Å². The molecule has 0 aromatic carbocycles. The number of hydrogen-bond acceptors (Lipinski definition) is 3. The molecule has 0 rings (SSSR count). The molecule has 0 heterocycles. The maximum Gasteiger partial charge on any atom is 0.478 e. The third-order valence-corrected chi connectivity index (χ3v) is 1.91. The van der Waals surface area contributed by atoms with E-state index >= 15 is 0 Å². The van der Waals surface area contributed by atoms with E-state index in [1.54, 1.807) is 0 Å². The zero-order valence-corrected chi connectivity index (χ0v) is 9.04. The van der Waals surface area contributed by atoms with Gasteiger partial charge in [-0.05, 0) is 0 Å². The average molecular weight is 362 g/mol. The molecule has 7 nitrogen and oxygen atoms in total. The Balaban J connectivity index is 0. The van der Waals surface area contributed by atoms with Crippen LogP contribution in [-0.2, 0) is 34.5 Å².